The van der Waals surface area contributed by atoms with E-state index in [1.165, 1.54) is 11.6 Å². The quantitative estimate of drug-likeness (QED) is 0.534. The smallest absolute Gasteiger partial charge is 0.195 e. The Morgan fingerprint density at radius 2 is 1.83 bits per heavy atom. The molecular formula is C25H28ClFO3. The molecule has 1 aliphatic heterocycles. The van der Waals surface area contributed by atoms with Crippen LogP contribution in [0.2, 0.25) is 5.02 Å². The summed E-state index contributed by atoms with van der Waals surface area (Å²) in [5.74, 6) is 0.0887. The van der Waals surface area contributed by atoms with E-state index in [0.717, 1.165) is 24.0 Å². The number of hydrogen-bond acceptors (Lipinski definition) is 3. The molecule has 3 nitrogen and oxygen atoms in total. The minimum atomic E-state index is -0.874. The van der Waals surface area contributed by atoms with Crippen LogP contribution in [-0.4, -0.2) is 23.1 Å². The van der Waals surface area contributed by atoms with Crippen LogP contribution in [-0.2, 0) is 14.3 Å². The summed E-state index contributed by atoms with van der Waals surface area (Å²) in [7, 11) is 0. The Morgan fingerprint density at radius 1 is 1.13 bits per heavy atom. The lowest BCUT2D eigenvalue weighted by molar-refractivity contribution is -0.136. The van der Waals surface area contributed by atoms with Gasteiger partial charge in [-0.1, -0.05) is 23.7 Å². The monoisotopic (exact) mass is 430 g/mol. The molecule has 5 heteroatoms. The average Bonchev–Trinajstić information content (AvgIpc) is 3.46. The minimum absolute atomic E-state index is 0.0489. The standard InChI is InChI=1S/C25H28ClFO3/c1-14(29-23-22(28)24(2,3)30-25(23,4)5)20-12-16(8-10-18(20)15-6-7-15)19-11-9-17(26)13-21(19)27/h8-15,23H,6-7H2,1-5H3. The van der Waals surface area contributed by atoms with Gasteiger partial charge in [0.1, 0.15) is 17.5 Å². The number of ketones is 1. The molecule has 0 bridgehead atoms. The van der Waals surface area contributed by atoms with Gasteiger partial charge in [-0.05, 0) is 94.3 Å². The van der Waals surface area contributed by atoms with Crippen LogP contribution < -0.4 is 0 Å². The summed E-state index contributed by atoms with van der Waals surface area (Å²) in [6, 6.07) is 10.7. The molecule has 1 saturated carbocycles. The minimum Gasteiger partial charge on any atom is -0.360 e. The Balaban J connectivity index is 1.69. The van der Waals surface area contributed by atoms with Crippen LogP contribution in [0.3, 0.4) is 0 Å². The van der Waals surface area contributed by atoms with Crippen molar-refractivity contribution in [2.45, 2.75) is 76.8 Å². The first kappa shape index (κ1) is 21.5. The highest BCUT2D eigenvalue weighted by molar-refractivity contribution is 6.30. The largest absolute Gasteiger partial charge is 0.360 e. The van der Waals surface area contributed by atoms with E-state index < -0.39 is 17.3 Å². The van der Waals surface area contributed by atoms with Crippen LogP contribution in [0.4, 0.5) is 4.39 Å². The highest BCUT2D eigenvalue weighted by Gasteiger charge is 2.54. The van der Waals surface area contributed by atoms with E-state index in [1.807, 2.05) is 32.9 Å². The van der Waals surface area contributed by atoms with Gasteiger partial charge in [0.2, 0.25) is 0 Å². The Bertz CT molecular complexity index is 994. The second-order valence-corrected chi connectivity index (χ2v) is 9.92. The predicted molar refractivity (Wildman–Crippen MR) is 116 cm³/mol. The summed E-state index contributed by atoms with van der Waals surface area (Å²) in [5, 5.41) is 0.368. The molecular weight excluding hydrogens is 403 g/mol. The van der Waals surface area contributed by atoms with Crippen molar-refractivity contribution in [3.63, 3.8) is 0 Å². The molecule has 2 aromatic carbocycles. The van der Waals surface area contributed by atoms with Gasteiger partial charge in [0.25, 0.3) is 0 Å². The molecule has 2 atom stereocenters. The molecule has 1 heterocycles. The van der Waals surface area contributed by atoms with E-state index >= 15 is 0 Å². The van der Waals surface area contributed by atoms with E-state index in [0.29, 0.717) is 16.5 Å². The van der Waals surface area contributed by atoms with Gasteiger partial charge in [0.05, 0.1) is 11.7 Å². The Hall–Kier alpha value is -1.75. The van der Waals surface area contributed by atoms with Gasteiger partial charge in [-0.2, -0.15) is 0 Å². The lowest BCUT2D eigenvalue weighted by Gasteiger charge is -2.29. The molecule has 0 radical (unpaired) electrons. The molecule has 2 aliphatic rings. The van der Waals surface area contributed by atoms with Gasteiger partial charge in [-0.15, -0.1) is 0 Å². The maximum absolute atomic E-state index is 14.5. The van der Waals surface area contributed by atoms with Crippen molar-refractivity contribution in [2.75, 3.05) is 0 Å². The zero-order valence-corrected chi connectivity index (χ0v) is 18.8. The zero-order chi connectivity index (χ0) is 21.8. The third-order valence-electron chi connectivity index (χ3n) is 6.11. The zero-order valence-electron chi connectivity index (χ0n) is 18.1. The lowest BCUT2D eigenvalue weighted by Crippen LogP contribution is -2.39. The Labute approximate surface area is 182 Å². The number of carbonyl (C=O) groups is 1. The normalized spacial score (nSPS) is 23.6. The lowest BCUT2D eigenvalue weighted by atomic mass is 9.92. The van der Waals surface area contributed by atoms with Crippen LogP contribution in [0.15, 0.2) is 36.4 Å². The molecule has 160 valence electrons. The number of benzene rings is 2. The summed E-state index contributed by atoms with van der Waals surface area (Å²) in [6.45, 7) is 9.30. The maximum atomic E-state index is 14.5. The van der Waals surface area contributed by atoms with Crippen LogP contribution in [0, 0.1) is 5.82 Å². The van der Waals surface area contributed by atoms with Gasteiger partial charge in [-0.3, -0.25) is 4.79 Å². The van der Waals surface area contributed by atoms with E-state index in [4.69, 9.17) is 21.1 Å². The number of rotatable bonds is 5. The first-order valence-corrected chi connectivity index (χ1v) is 10.9. The number of halogens is 2. The molecule has 0 amide bonds. The third kappa shape index (κ3) is 3.93. The van der Waals surface area contributed by atoms with Crippen molar-refractivity contribution in [2.24, 2.45) is 0 Å². The van der Waals surface area contributed by atoms with Crippen molar-refractivity contribution in [3.8, 4) is 11.1 Å². The number of hydrogen-bond donors (Lipinski definition) is 0. The summed E-state index contributed by atoms with van der Waals surface area (Å²) in [4.78, 5) is 12.9. The first-order valence-electron chi connectivity index (χ1n) is 10.5. The average molecular weight is 431 g/mol. The Kier molecular flexibility index (Phi) is 5.32. The second kappa shape index (κ2) is 7.44. The first-order chi connectivity index (χ1) is 14.0. The number of Topliss-reactive ketones (excluding diaryl/α,β-unsaturated/α-hetero) is 1. The fourth-order valence-electron chi connectivity index (χ4n) is 4.48. The molecule has 0 N–H and O–H groups in total. The van der Waals surface area contributed by atoms with Crippen LogP contribution in [0.5, 0.6) is 0 Å². The molecule has 4 rings (SSSR count). The van der Waals surface area contributed by atoms with Crippen LogP contribution in [0.1, 0.15) is 70.6 Å². The molecule has 2 unspecified atom stereocenters. The van der Waals surface area contributed by atoms with Gasteiger partial charge in [-0.25, -0.2) is 4.39 Å². The molecule has 0 aromatic heterocycles. The van der Waals surface area contributed by atoms with Gasteiger partial charge in [0.15, 0.2) is 5.78 Å². The van der Waals surface area contributed by atoms with Crippen molar-refractivity contribution >= 4 is 17.4 Å². The highest BCUT2D eigenvalue weighted by Crippen LogP contribution is 2.46. The van der Waals surface area contributed by atoms with Gasteiger partial charge >= 0.3 is 0 Å². The van der Waals surface area contributed by atoms with E-state index in [9.17, 15) is 9.18 Å². The van der Waals surface area contributed by atoms with E-state index in [2.05, 4.69) is 6.07 Å². The SMILES string of the molecule is CC(OC1C(=O)C(C)(C)OC1(C)C)c1cc(-c2ccc(Cl)cc2F)ccc1C1CC1. The predicted octanol–water partition coefficient (Wildman–Crippen LogP) is 6.63. The topological polar surface area (TPSA) is 35.5 Å². The Morgan fingerprint density at radius 3 is 2.40 bits per heavy atom. The summed E-state index contributed by atoms with van der Waals surface area (Å²) in [6.07, 6.45) is 1.28. The van der Waals surface area contributed by atoms with Crippen LogP contribution >= 0.6 is 11.6 Å². The second-order valence-electron chi connectivity index (χ2n) is 9.48. The summed E-state index contributed by atoms with van der Waals surface area (Å²) < 4.78 is 26.8. The molecule has 1 aliphatic carbocycles. The van der Waals surface area contributed by atoms with E-state index in [-0.39, 0.29) is 17.7 Å². The molecule has 30 heavy (non-hydrogen) atoms. The van der Waals surface area contributed by atoms with Crippen molar-refractivity contribution in [1.29, 1.82) is 0 Å². The molecule has 1 saturated heterocycles. The number of carbonyl (C=O) groups excluding carboxylic acids is 1. The number of ether oxygens (including phenoxy) is 2. The van der Waals surface area contributed by atoms with Crippen LogP contribution in [0.25, 0.3) is 11.1 Å². The van der Waals surface area contributed by atoms with Crippen molar-refractivity contribution < 1.29 is 18.7 Å². The van der Waals surface area contributed by atoms with Gasteiger partial charge < -0.3 is 9.47 Å². The summed E-state index contributed by atoms with van der Waals surface area (Å²) in [5.41, 5.74) is 1.89. The van der Waals surface area contributed by atoms with Crippen molar-refractivity contribution in [3.05, 3.63) is 58.4 Å². The fourth-order valence-corrected chi connectivity index (χ4v) is 4.64. The van der Waals surface area contributed by atoms with Gasteiger partial charge in [0, 0.05) is 10.6 Å². The van der Waals surface area contributed by atoms with Crippen molar-refractivity contribution in [1.82, 2.24) is 0 Å². The third-order valence-corrected chi connectivity index (χ3v) is 6.34. The van der Waals surface area contributed by atoms with E-state index in [1.54, 1.807) is 26.0 Å². The highest BCUT2D eigenvalue weighted by atomic mass is 35.5. The maximum Gasteiger partial charge on any atom is 0.195 e. The molecule has 2 fully saturated rings. The summed E-state index contributed by atoms with van der Waals surface area (Å²) >= 11 is 5.92. The molecule has 2 aromatic rings. The molecule has 0 spiro atoms. The fraction of sp³-hybridized carbons (Fsp3) is 0.480.